The van der Waals surface area contributed by atoms with E-state index in [1.54, 1.807) is 25.1 Å². The van der Waals surface area contributed by atoms with Crippen molar-refractivity contribution in [3.63, 3.8) is 0 Å². The minimum absolute atomic E-state index is 0.115. The molecule has 26 heavy (non-hydrogen) atoms. The van der Waals surface area contributed by atoms with E-state index in [0.29, 0.717) is 22.6 Å². The third-order valence-electron chi connectivity index (χ3n) is 4.16. The van der Waals surface area contributed by atoms with E-state index in [9.17, 15) is 9.59 Å². The van der Waals surface area contributed by atoms with Crippen LogP contribution in [0.2, 0.25) is 0 Å². The Morgan fingerprint density at radius 3 is 1.96 bits per heavy atom. The Morgan fingerprint density at radius 2 is 1.42 bits per heavy atom. The highest BCUT2D eigenvalue weighted by Crippen LogP contribution is 2.39. The molecule has 2 rings (SSSR count). The third kappa shape index (κ3) is 3.22. The molecule has 0 aliphatic carbocycles. The fraction of sp³-hybridized carbons (Fsp3) is 0.300. The number of esters is 1. The molecular weight excluding hydrogens is 336 g/mol. The molecule has 0 N–H and O–H groups in total. The van der Waals surface area contributed by atoms with E-state index < -0.39 is 5.97 Å². The van der Waals surface area contributed by atoms with Crippen molar-refractivity contribution < 1.29 is 28.5 Å². The zero-order valence-electron chi connectivity index (χ0n) is 15.8. The second-order valence-corrected chi connectivity index (χ2v) is 5.65. The van der Waals surface area contributed by atoms with E-state index in [-0.39, 0.29) is 22.7 Å². The van der Waals surface area contributed by atoms with Gasteiger partial charge >= 0.3 is 5.97 Å². The summed E-state index contributed by atoms with van der Waals surface area (Å²) in [6, 6.07) is 6.93. The summed E-state index contributed by atoms with van der Waals surface area (Å²) < 4.78 is 21.0. The SMILES string of the molecule is COC(=O)c1c(C)cc(OC)c(C(=O)c2c(C)cccc2OC)c1OC. The molecule has 0 atom stereocenters. The maximum atomic E-state index is 13.4. The average molecular weight is 358 g/mol. The molecule has 2 aromatic carbocycles. The lowest BCUT2D eigenvalue weighted by molar-refractivity contribution is 0.0596. The normalized spacial score (nSPS) is 10.2. The van der Waals surface area contributed by atoms with Crippen LogP contribution in [0.3, 0.4) is 0 Å². The van der Waals surface area contributed by atoms with Gasteiger partial charge in [0, 0.05) is 0 Å². The molecular formula is C20H22O6. The Hall–Kier alpha value is -3.02. The monoisotopic (exact) mass is 358 g/mol. The third-order valence-corrected chi connectivity index (χ3v) is 4.16. The summed E-state index contributed by atoms with van der Waals surface area (Å²) in [6.45, 7) is 3.53. The van der Waals surface area contributed by atoms with Crippen LogP contribution in [0, 0.1) is 13.8 Å². The van der Waals surface area contributed by atoms with Crippen LogP contribution in [0.4, 0.5) is 0 Å². The van der Waals surface area contributed by atoms with Crippen molar-refractivity contribution in [3.05, 3.63) is 52.1 Å². The molecule has 0 saturated carbocycles. The van der Waals surface area contributed by atoms with Crippen molar-refractivity contribution >= 4 is 11.8 Å². The van der Waals surface area contributed by atoms with E-state index in [1.807, 2.05) is 13.0 Å². The molecule has 0 radical (unpaired) electrons. The van der Waals surface area contributed by atoms with Gasteiger partial charge in [-0.15, -0.1) is 0 Å². The Labute approximate surface area is 152 Å². The fourth-order valence-electron chi connectivity index (χ4n) is 2.92. The number of hydrogen-bond donors (Lipinski definition) is 0. The largest absolute Gasteiger partial charge is 0.496 e. The predicted molar refractivity (Wildman–Crippen MR) is 96.8 cm³/mol. The van der Waals surface area contributed by atoms with E-state index in [0.717, 1.165) is 5.56 Å². The standard InChI is InChI=1S/C20H22O6/c1-11-8-7-9-13(23-3)15(11)18(21)17-14(24-4)10-12(2)16(19(17)25-5)20(22)26-6/h7-10H,1-6H3. The molecule has 0 aromatic heterocycles. The molecule has 0 amide bonds. The predicted octanol–water partition coefficient (Wildman–Crippen LogP) is 3.35. The smallest absolute Gasteiger partial charge is 0.341 e. The van der Waals surface area contributed by atoms with E-state index in [4.69, 9.17) is 18.9 Å². The summed E-state index contributed by atoms with van der Waals surface area (Å²) in [4.78, 5) is 25.6. The first-order valence-corrected chi connectivity index (χ1v) is 7.93. The molecule has 0 fully saturated rings. The number of carbonyl (C=O) groups excluding carboxylic acids is 2. The molecule has 6 heteroatoms. The van der Waals surface area contributed by atoms with Gasteiger partial charge in [0.15, 0.2) is 0 Å². The number of methoxy groups -OCH3 is 4. The Kier molecular flexibility index (Phi) is 5.87. The van der Waals surface area contributed by atoms with Gasteiger partial charge in [-0.05, 0) is 37.1 Å². The van der Waals surface area contributed by atoms with Crippen LogP contribution in [0.1, 0.15) is 37.4 Å². The van der Waals surface area contributed by atoms with Gasteiger partial charge in [0.2, 0.25) is 5.78 Å². The van der Waals surface area contributed by atoms with Crippen molar-refractivity contribution in [3.8, 4) is 17.2 Å². The number of aryl methyl sites for hydroxylation is 2. The van der Waals surface area contributed by atoms with E-state index in [1.165, 1.54) is 28.4 Å². The fourth-order valence-corrected chi connectivity index (χ4v) is 2.92. The molecule has 0 aliphatic heterocycles. The van der Waals surface area contributed by atoms with Gasteiger partial charge in [0.05, 0.1) is 34.0 Å². The number of rotatable bonds is 6. The molecule has 0 spiro atoms. The zero-order chi connectivity index (χ0) is 19.4. The van der Waals surface area contributed by atoms with Crippen LogP contribution >= 0.6 is 0 Å². The van der Waals surface area contributed by atoms with Gasteiger partial charge in [-0.1, -0.05) is 12.1 Å². The maximum Gasteiger partial charge on any atom is 0.341 e. The minimum Gasteiger partial charge on any atom is -0.496 e. The molecule has 0 saturated heterocycles. The van der Waals surface area contributed by atoms with Crippen LogP contribution < -0.4 is 14.2 Å². The van der Waals surface area contributed by atoms with E-state index >= 15 is 0 Å². The first-order valence-electron chi connectivity index (χ1n) is 7.93. The van der Waals surface area contributed by atoms with Crippen LogP contribution in [0.25, 0.3) is 0 Å². The molecule has 2 aromatic rings. The molecule has 0 aliphatic rings. The van der Waals surface area contributed by atoms with Gasteiger partial charge in [-0.3, -0.25) is 4.79 Å². The second kappa shape index (κ2) is 7.91. The maximum absolute atomic E-state index is 13.4. The molecule has 6 nitrogen and oxygen atoms in total. The van der Waals surface area contributed by atoms with Crippen molar-refractivity contribution in [1.82, 2.24) is 0 Å². The highest BCUT2D eigenvalue weighted by molar-refractivity contribution is 6.16. The van der Waals surface area contributed by atoms with Crippen molar-refractivity contribution in [2.45, 2.75) is 13.8 Å². The van der Waals surface area contributed by atoms with Crippen LogP contribution in [0.5, 0.6) is 17.2 Å². The molecule has 0 unspecified atom stereocenters. The number of ether oxygens (including phenoxy) is 4. The Bertz CT molecular complexity index is 854. The second-order valence-electron chi connectivity index (χ2n) is 5.65. The van der Waals surface area contributed by atoms with Gasteiger partial charge in [-0.2, -0.15) is 0 Å². The summed E-state index contributed by atoms with van der Waals surface area (Å²) in [5.74, 6) is -0.0998. The van der Waals surface area contributed by atoms with Crippen LogP contribution in [-0.4, -0.2) is 40.2 Å². The number of benzene rings is 2. The number of ketones is 1. The zero-order valence-corrected chi connectivity index (χ0v) is 15.8. The lowest BCUT2D eigenvalue weighted by atomic mass is 9.93. The minimum atomic E-state index is -0.590. The lowest BCUT2D eigenvalue weighted by Crippen LogP contribution is -2.15. The van der Waals surface area contributed by atoms with Gasteiger partial charge in [0.25, 0.3) is 0 Å². The van der Waals surface area contributed by atoms with E-state index in [2.05, 4.69) is 0 Å². The van der Waals surface area contributed by atoms with Crippen molar-refractivity contribution in [2.24, 2.45) is 0 Å². The number of hydrogen-bond acceptors (Lipinski definition) is 6. The summed E-state index contributed by atoms with van der Waals surface area (Å²) in [7, 11) is 5.62. The van der Waals surface area contributed by atoms with Gasteiger partial charge in [0.1, 0.15) is 28.4 Å². The first kappa shape index (κ1) is 19.3. The summed E-state index contributed by atoms with van der Waals surface area (Å²) in [5, 5.41) is 0. The summed E-state index contributed by atoms with van der Waals surface area (Å²) >= 11 is 0. The van der Waals surface area contributed by atoms with Gasteiger partial charge < -0.3 is 18.9 Å². The molecule has 0 heterocycles. The molecule has 0 bridgehead atoms. The highest BCUT2D eigenvalue weighted by atomic mass is 16.5. The Balaban J connectivity index is 2.84. The quantitative estimate of drug-likeness (QED) is 0.583. The summed E-state index contributed by atoms with van der Waals surface area (Å²) in [5.41, 5.74) is 2.03. The number of carbonyl (C=O) groups is 2. The Morgan fingerprint density at radius 1 is 0.769 bits per heavy atom. The highest BCUT2D eigenvalue weighted by Gasteiger charge is 2.30. The average Bonchev–Trinajstić information content (AvgIpc) is 2.65. The summed E-state index contributed by atoms with van der Waals surface area (Å²) in [6.07, 6.45) is 0. The van der Waals surface area contributed by atoms with Crippen molar-refractivity contribution in [1.29, 1.82) is 0 Å². The first-order chi connectivity index (χ1) is 12.4. The molecule has 138 valence electrons. The van der Waals surface area contributed by atoms with Gasteiger partial charge in [-0.25, -0.2) is 4.79 Å². The van der Waals surface area contributed by atoms with Crippen LogP contribution in [-0.2, 0) is 4.74 Å². The van der Waals surface area contributed by atoms with Crippen LogP contribution in [0.15, 0.2) is 24.3 Å². The lowest BCUT2D eigenvalue weighted by Gasteiger charge is -2.19. The topological polar surface area (TPSA) is 71.1 Å². The van der Waals surface area contributed by atoms with Crippen molar-refractivity contribution in [2.75, 3.05) is 28.4 Å².